The lowest BCUT2D eigenvalue weighted by Gasteiger charge is -2.25. The molecule has 1 N–H and O–H groups in total. The number of aryl methyl sites for hydroxylation is 1. The first kappa shape index (κ1) is 21.5. The molecule has 4 aromatic rings. The molecule has 8 heteroatoms. The molecule has 1 aromatic heterocycles. The number of carbonyl (C=O) groups is 1. The predicted octanol–water partition coefficient (Wildman–Crippen LogP) is 4.55. The summed E-state index contributed by atoms with van der Waals surface area (Å²) in [6, 6.07) is 27.1. The highest BCUT2D eigenvalue weighted by Crippen LogP contribution is 2.25. The Kier molecular flexibility index (Phi) is 6.72. The maximum Gasteiger partial charge on any atom is 0.249 e. The molecule has 0 saturated carbocycles. The van der Waals surface area contributed by atoms with Gasteiger partial charge in [-0.05, 0) is 43.3 Å². The number of para-hydroxylation sites is 2. The molecular weight excluding hydrogens is 422 g/mol. The molecule has 32 heavy (non-hydrogen) atoms. The molecule has 0 bridgehead atoms. The average Bonchev–Trinajstić information content (AvgIpc) is 3.22. The Morgan fingerprint density at radius 1 is 0.969 bits per heavy atom. The van der Waals surface area contributed by atoms with E-state index in [0.717, 1.165) is 28.6 Å². The van der Waals surface area contributed by atoms with Gasteiger partial charge in [-0.2, -0.15) is 0 Å². The molecule has 1 heterocycles. The number of nitrogens with one attached hydrogen (secondary N) is 1. The Balaban J connectivity index is 1.50. The molecule has 7 nitrogen and oxygen atoms in total. The van der Waals surface area contributed by atoms with Gasteiger partial charge >= 0.3 is 0 Å². The standard InChI is InChI=1S/C24H23N5O2S/c1-18-25-26-24(28(18)21-14-9-15-22(16-21)31-2)32-17-23(30)27-29(19-10-5-3-6-11-19)20-12-7-4-8-13-20/h3-16H,17H2,1-2H3,(H,27,30). The van der Waals surface area contributed by atoms with Crippen LogP contribution in [-0.4, -0.2) is 33.5 Å². The van der Waals surface area contributed by atoms with Gasteiger partial charge in [0, 0.05) is 6.07 Å². The summed E-state index contributed by atoms with van der Waals surface area (Å²) in [5.74, 6) is 1.50. The summed E-state index contributed by atoms with van der Waals surface area (Å²) < 4.78 is 7.24. The van der Waals surface area contributed by atoms with Gasteiger partial charge < -0.3 is 4.74 Å². The molecule has 0 aliphatic heterocycles. The van der Waals surface area contributed by atoms with Crippen molar-refractivity contribution >= 4 is 29.0 Å². The Morgan fingerprint density at radius 3 is 2.25 bits per heavy atom. The Bertz CT molecular complexity index is 1140. The monoisotopic (exact) mass is 445 g/mol. The van der Waals surface area contributed by atoms with Gasteiger partial charge in [0.1, 0.15) is 11.6 Å². The third-order valence-corrected chi connectivity index (χ3v) is 5.63. The third kappa shape index (κ3) is 4.92. The molecule has 0 radical (unpaired) electrons. The van der Waals surface area contributed by atoms with Gasteiger partial charge in [0.2, 0.25) is 5.91 Å². The molecule has 0 aliphatic carbocycles. The van der Waals surface area contributed by atoms with Crippen LogP contribution in [0.4, 0.5) is 11.4 Å². The van der Waals surface area contributed by atoms with Gasteiger partial charge in [-0.3, -0.25) is 19.8 Å². The first-order valence-electron chi connectivity index (χ1n) is 10.0. The number of hydrazine groups is 1. The van der Waals surface area contributed by atoms with Gasteiger partial charge in [0.25, 0.3) is 0 Å². The molecule has 0 saturated heterocycles. The van der Waals surface area contributed by atoms with E-state index in [1.165, 1.54) is 11.8 Å². The van der Waals surface area contributed by atoms with Crippen LogP contribution in [0, 0.1) is 6.92 Å². The van der Waals surface area contributed by atoms with Crippen molar-refractivity contribution in [3.05, 3.63) is 90.8 Å². The van der Waals surface area contributed by atoms with Crippen LogP contribution < -0.4 is 15.2 Å². The fraction of sp³-hybridized carbons (Fsp3) is 0.125. The normalized spacial score (nSPS) is 10.6. The number of thioether (sulfide) groups is 1. The molecule has 3 aromatic carbocycles. The Hall–Kier alpha value is -3.78. The van der Waals surface area contributed by atoms with E-state index in [1.807, 2.05) is 96.4 Å². The van der Waals surface area contributed by atoms with Crippen LogP contribution in [0.25, 0.3) is 5.69 Å². The van der Waals surface area contributed by atoms with Crippen LogP contribution in [0.3, 0.4) is 0 Å². The molecule has 4 rings (SSSR count). The van der Waals surface area contributed by atoms with Crippen LogP contribution in [-0.2, 0) is 4.79 Å². The highest BCUT2D eigenvalue weighted by molar-refractivity contribution is 7.99. The Labute approximate surface area is 191 Å². The van der Waals surface area contributed by atoms with E-state index in [2.05, 4.69) is 15.6 Å². The van der Waals surface area contributed by atoms with Crippen molar-refractivity contribution in [2.45, 2.75) is 12.1 Å². The van der Waals surface area contributed by atoms with E-state index in [9.17, 15) is 4.79 Å². The lowest BCUT2D eigenvalue weighted by atomic mass is 10.2. The molecule has 0 atom stereocenters. The van der Waals surface area contributed by atoms with E-state index >= 15 is 0 Å². The molecule has 162 valence electrons. The van der Waals surface area contributed by atoms with Gasteiger partial charge in [0.15, 0.2) is 5.16 Å². The molecule has 0 aliphatic rings. The second kappa shape index (κ2) is 10.0. The third-order valence-electron chi connectivity index (χ3n) is 4.70. The number of hydrogen-bond donors (Lipinski definition) is 1. The topological polar surface area (TPSA) is 72.3 Å². The second-order valence-electron chi connectivity index (χ2n) is 6.90. The summed E-state index contributed by atoms with van der Waals surface area (Å²) in [6.45, 7) is 1.88. The second-order valence-corrected chi connectivity index (χ2v) is 7.84. The summed E-state index contributed by atoms with van der Waals surface area (Å²) in [5, 5.41) is 10.9. The number of carbonyl (C=O) groups excluding carboxylic acids is 1. The number of nitrogens with zero attached hydrogens (tertiary/aromatic N) is 4. The maximum absolute atomic E-state index is 12.9. The van der Waals surface area contributed by atoms with Crippen molar-refractivity contribution in [3.8, 4) is 11.4 Å². The predicted molar refractivity (Wildman–Crippen MR) is 127 cm³/mol. The van der Waals surface area contributed by atoms with Crippen molar-refractivity contribution in [1.29, 1.82) is 0 Å². The van der Waals surface area contributed by atoms with Crippen molar-refractivity contribution in [2.75, 3.05) is 17.9 Å². The van der Waals surface area contributed by atoms with Gasteiger partial charge in [0.05, 0.1) is 29.9 Å². The summed E-state index contributed by atoms with van der Waals surface area (Å²) in [6.07, 6.45) is 0. The van der Waals surface area contributed by atoms with Crippen molar-refractivity contribution in [3.63, 3.8) is 0 Å². The summed E-state index contributed by atoms with van der Waals surface area (Å²) >= 11 is 1.33. The lowest BCUT2D eigenvalue weighted by molar-refractivity contribution is -0.118. The van der Waals surface area contributed by atoms with Crippen molar-refractivity contribution in [2.24, 2.45) is 0 Å². The average molecular weight is 446 g/mol. The number of anilines is 2. The van der Waals surface area contributed by atoms with E-state index < -0.39 is 0 Å². The molecule has 0 fully saturated rings. The SMILES string of the molecule is COc1cccc(-n2c(C)nnc2SCC(=O)NN(c2ccccc2)c2ccccc2)c1. The van der Waals surface area contributed by atoms with Gasteiger partial charge in [-0.1, -0.05) is 54.2 Å². The smallest absolute Gasteiger partial charge is 0.249 e. The van der Waals surface area contributed by atoms with Crippen LogP contribution >= 0.6 is 11.8 Å². The highest BCUT2D eigenvalue weighted by atomic mass is 32.2. The zero-order valence-electron chi connectivity index (χ0n) is 17.8. The number of methoxy groups -OCH3 is 1. The van der Waals surface area contributed by atoms with E-state index in [-0.39, 0.29) is 11.7 Å². The number of rotatable bonds is 8. The zero-order chi connectivity index (χ0) is 22.3. The van der Waals surface area contributed by atoms with Gasteiger partial charge in [-0.25, -0.2) is 0 Å². The number of ether oxygens (including phenoxy) is 1. The fourth-order valence-corrected chi connectivity index (χ4v) is 3.99. The van der Waals surface area contributed by atoms with Crippen LogP contribution in [0.15, 0.2) is 90.1 Å². The first-order valence-corrected chi connectivity index (χ1v) is 11.0. The molecule has 0 unspecified atom stereocenters. The van der Waals surface area contributed by atoms with Gasteiger partial charge in [-0.15, -0.1) is 10.2 Å². The van der Waals surface area contributed by atoms with E-state index in [0.29, 0.717) is 5.16 Å². The summed E-state index contributed by atoms with van der Waals surface area (Å²) in [5.41, 5.74) is 5.62. The molecule has 1 amide bonds. The largest absolute Gasteiger partial charge is 0.497 e. The number of aromatic nitrogens is 3. The summed E-state index contributed by atoms with van der Waals surface area (Å²) in [7, 11) is 1.63. The van der Waals surface area contributed by atoms with Crippen LogP contribution in [0.2, 0.25) is 0 Å². The molecular formula is C24H23N5O2S. The Morgan fingerprint density at radius 2 is 1.62 bits per heavy atom. The highest BCUT2D eigenvalue weighted by Gasteiger charge is 2.16. The van der Waals surface area contributed by atoms with Crippen molar-refractivity contribution in [1.82, 2.24) is 20.2 Å². The maximum atomic E-state index is 12.9. The van der Waals surface area contributed by atoms with E-state index in [1.54, 1.807) is 12.1 Å². The minimum absolute atomic E-state index is 0.152. The fourth-order valence-electron chi connectivity index (χ4n) is 3.20. The zero-order valence-corrected chi connectivity index (χ0v) is 18.6. The number of amides is 1. The van der Waals surface area contributed by atoms with Crippen molar-refractivity contribution < 1.29 is 9.53 Å². The van der Waals surface area contributed by atoms with E-state index in [4.69, 9.17) is 4.74 Å². The van der Waals surface area contributed by atoms with Crippen LogP contribution in [0.1, 0.15) is 5.82 Å². The number of hydrogen-bond acceptors (Lipinski definition) is 6. The summed E-state index contributed by atoms with van der Waals surface area (Å²) in [4.78, 5) is 12.9. The first-order chi connectivity index (χ1) is 15.7. The molecule has 0 spiro atoms. The van der Waals surface area contributed by atoms with Crippen LogP contribution in [0.5, 0.6) is 5.75 Å². The minimum Gasteiger partial charge on any atom is -0.497 e. The quantitative estimate of drug-likeness (QED) is 0.317. The number of benzene rings is 3. The lowest BCUT2D eigenvalue weighted by Crippen LogP contribution is -2.40. The minimum atomic E-state index is -0.152.